The molecular formula is C102H87F7N24O9. The SMILES string of the molecule is CC(=O)c1cnccn1.CCOC(=O)C(=O)NC(Cc1ccccc1F)c1cnccn1.CCOC(=O)c1nc(Cc2ccccc2F)c2cnccn12.N#Cc1nc(Cc2ccccc2F)c2cnccn12.NC(=O)c1nc(Cc2ccccc2F)c2cnccn12.NC(Cc1ccccc1F)c1cnccn1.O/N=C(\Cc1ccccc1F)c1cnccn1.O=C(Cc1ccccc1F)c1cnccn1. The van der Waals surface area contributed by atoms with E-state index in [0.29, 0.717) is 103 Å². The zero-order valence-electron chi connectivity index (χ0n) is 75.9. The number of fused-ring (bicyclic) bond motifs is 3. The number of nitrogens with one attached hydrogen (secondary N) is 1. The highest BCUT2D eigenvalue weighted by molar-refractivity contribution is 6.32. The van der Waals surface area contributed by atoms with E-state index in [1.54, 1.807) is 223 Å². The van der Waals surface area contributed by atoms with Gasteiger partial charge in [-0.1, -0.05) is 133 Å². The number of ether oxygens (including phenoxy) is 2. The summed E-state index contributed by atoms with van der Waals surface area (Å²) in [4.78, 5) is 133. The topological polar surface area (TPSA) is 461 Å². The largest absolute Gasteiger partial charge is 0.460 e. The lowest BCUT2D eigenvalue weighted by Gasteiger charge is -2.17. The van der Waals surface area contributed by atoms with Crippen LogP contribution in [-0.4, -0.2) is 152 Å². The summed E-state index contributed by atoms with van der Waals surface area (Å²) in [5.74, 6) is -4.98. The molecular weight excluding hydrogens is 1840 g/mol. The van der Waals surface area contributed by atoms with E-state index in [2.05, 4.69) is 95.0 Å². The van der Waals surface area contributed by atoms with Crippen LogP contribution in [0.15, 0.2) is 324 Å². The van der Waals surface area contributed by atoms with E-state index in [1.807, 2.05) is 6.07 Å². The summed E-state index contributed by atoms with van der Waals surface area (Å²) >= 11 is 0. The van der Waals surface area contributed by atoms with E-state index < -0.39 is 35.6 Å². The van der Waals surface area contributed by atoms with Crippen LogP contribution in [0.2, 0.25) is 0 Å². The van der Waals surface area contributed by atoms with Crippen molar-refractivity contribution in [2.24, 2.45) is 16.6 Å². The van der Waals surface area contributed by atoms with Gasteiger partial charge in [0.05, 0.1) is 114 Å². The van der Waals surface area contributed by atoms with E-state index in [4.69, 9.17) is 26.7 Å². The molecule has 0 aliphatic rings. The second kappa shape index (κ2) is 53.7. The first-order valence-electron chi connectivity index (χ1n) is 43.2. The number of aromatic nitrogens is 19. The van der Waals surface area contributed by atoms with Crippen molar-refractivity contribution >= 4 is 57.6 Å². The Hall–Kier alpha value is -18.6. The van der Waals surface area contributed by atoms with Gasteiger partial charge in [0, 0.05) is 151 Å². The number of primary amides is 1. The number of Topliss-reactive ketones (excluding diaryl/α,β-unsaturated/α-hetero) is 2. The van der Waals surface area contributed by atoms with Crippen molar-refractivity contribution in [3.8, 4) is 6.07 Å². The summed E-state index contributed by atoms with van der Waals surface area (Å²) in [5.41, 5.74) is 20.9. The second-order valence-electron chi connectivity index (χ2n) is 29.7. The third kappa shape index (κ3) is 30.2. The maximum atomic E-state index is 13.8. The molecule has 0 spiro atoms. The maximum absolute atomic E-state index is 13.8. The molecule has 6 N–H and O–H groups in total. The van der Waals surface area contributed by atoms with Crippen LogP contribution in [0.1, 0.15) is 154 Å². The van der Waals surface area contributed by atoms with E-state index in [-0.39, 0.29) is 127 Å². The number of nitrogens with two attached hydrogens (primary N) is 2. The summed E-state index contributed by atoms with van der Waals surface area (Å²) in [6, 6.07) is 45.8. The van der Waals surface area contributed by atoms with Crippen molar-refractivity contribution in [1.29, 1.82) is 5.26 Å². The molecule has 0 fully saturated rings. The third-order valence-electron chi connectivity index (χ3n) is 20.1. The molecule has 11 heterocycles. The fourth-order valence-corrected chi connectivity index (χ4v) is 13.2. The number of carbonyl (C=O) groups excluding carboxylic acids is 6. The Bertz CT molecular complexity index is 7330. The van der Waals surface area contributed by atoms with Gasteiger partial charge in [-0.3, -0.25) is 87.2 Å². The van der Waals surface area contributed by atoms with Crippen molar-refractivity contribution in [3.63, 3.8) is 0 Å². The molecule has 0 saturated heterocycles. The van der Waals surface area contributed by atoms with Gasteiger partial charge >= 0.3 is 17.8 Å². The number of nitriles is 1. The standard InChI is InChI=1S/C16H16FN3O3.C16H14FN3O2.C14H11FN4O.C14H9FN4.C12H10FN3O.C12H12FN3.C12H9FN2O.C6H6N2O/c1-2-23-16(22)15(21)20-13(14-10-18-7-8-19-14)9-11-5-3-4-6-12(11)17;1-2-22-16(21)15-19-13(14-10-18-7-8-20(14)15)9-11-5-3-4-6-12(11)17;15-10-4-2-1-3-9(10)7-11-12-8-17-5-6-19(12)14(18-11)13(16)20;15-11-4-2-1-3-10(11)7-12-13-9-17-5-6-19(13)14(8-16)18-12;13-10-4-2-1-3-9(10)7-11(16-17)12-8-14-5-6-15-12;13-10-4-2-1-3-9(10)7-11(14)12-8-15-5-6-16-12;13-10-4-2-1-3-9(10)7-12(16)11-8-14-5-6-15-11;1-5(9)6-4-7-2-3-8-6/h3-8,10,13H,2,9H2,1H3,(H,20,21);3-8,10H,2,9H2,1H3;1-6,8H,7H2,(H2,16,20);1-6,9H,7H2;1-6,8,17H,7H2;1-6,8,11H,7,14H2;1-6,8H,7H2;2-4H,1H3/b;;;;16-11+;;;. The zero-order chi connectivity index (χ0) is 101. The number of hydrogen-bond donors (Lipinski definition) is 4. The van der Waals surface area contributed by atoms with Gasteiger partial charge in [0.1, 0.15) is 69.6 Å². The molecule has 0 radical (unpaired) electrons. The number of imidazole rings is 3. The number of oxime groups is 1. The van der Waals surface area contributed by atoms with Crippen molar-refractivity contribution in [3.05, 3.63) is 461 Å². The minimum absolute atomic E-state index is 0.00532. The van der Waals surface area contributed by atoms with Gasteiger partial charge in [0.2, 0.25) is 17.5 Å². The molecule has 0 aliphatic heterocycles. The number of ketones is 2. The third-order valence-corrected chi connectivity index (χ3v) is 20.1. The van der Waals surface area contributed by atoms with Crippen molar-refractivity contribution in [1.82, 2.24) is 98.3 Å². The molecule has 40 heteroatoms. The fraction of sp³-hybridized carbons (Fsp3) is 0.137. The van der Waals surface area contributed by atoms with Crippen LogP contribution in [0.4, 0.5) is 30.7 Å². The molecule has 718 valence electrons. The molecule has 33 nitrogen and oxygen atoms in total. The molecule has 2 atom stereocenters. The van der Waals surface area contributed by atoms with Crippen LogP contribution >= 0.6 is 0 Å². The van der Waals surface area contributed by atoms with Gasteiger partial charge in [0.25, 0.3) is 5.91 Å². The maximum Gasteiger partial charge on any atom is 0.396 e. The number of amides is 2. The summed E-state index contributed by atoms with van der Waals surface area (Å²) in [6.45, 7) is 5.15. The Kier molecular flexibility index (Phi) is 39.3. The zero-order valence-corrected chi connectivity index (χ0v) is 75.9. The van der Waals surface area contributed by atoms with Gasteiger partial charge in [-0.05, 0) is 102 Å². The number of rotatable bonds is 24. The van der Waals surface area contributed by atoms with E-state index in [1.165, 1.54) is 130 Å². The lowest BCUT2D eigenvalue weighted by Crippen LogP contribution is -2.37. The van der Waals surface area contributed by atoms with Gasteiger partial charge in [0.15, 0.2) is 11.6 Å². The second-order valence-corrected chi connectivity index (χ2v) is 29.7. The van der Waals surface area contributed by atoms with Crippen molar-refractivity contribution in [2.45, 2.75) is 77.8 Å². The number of carbonyl (C=O) groups is 6. The Labute approximate surface area is 806 Å². The molecule has 2 unspecified atom stereocenters. The molecule has 0 aliphatic carbocycles. The highest BCUT2D eigenvalue weighted by atomic mass is 19.2. The predicted octanol–water partition coefficient (Wildman–Crippen LogP) is 14.7. The van der Waals surface area contributed by atoms with Crippen molar-refractivity contribution in [2.75, 3.05) is 13.2 Å². The molecule has 11 aromatic heterocycles. The number of halogens is 7. The van der Waals surface area contributed by atoms with Crippen LogP contribution in [0.3, 0.4) is 0 Å². The van der Waals surface area contributed by atoms with Gasteiger partial charge in [-0.15, -0.1) is 0 Å². The number of esters is 2. The minimum atomic E-state index is -0.991. The average molecular weight is 1930 g/mol. The number of benzene rings is 7. The first-order chi connectivity index (χ1) is 68.9. The molecule has 2 amide bonds. The fourth-order valence-electron chi connectivity index (χ4n) is 13.2. The van der Waals surface area contributed by atoms with Gasteiger partial charge in [-0.2, -0.15) is 5.26 Å². The van der Waals surface area contributed by atoms with Crippen LogP contribution in [0, 0.1) is 52.1 Å². The summed E-state index contributed by atoms with van der Waals surface area (Å²) in [5, 5.41) is 23.6. The lowest BCUT2D eigenvalue weighted by atomic mass is 10.0. The summed E-state index contributed by atoms with van der Waals surface area (Å²) in [7, 11) is 0. The number of hydrogen-bond acceptors (Lipinski definition) is 28. The molecule has 7 aromatic carbocycles. The Balaban J connectivity index is 0.000000156. The Morgan fingerprint density at radius 2 is 0.775 bits per heavy atom. The molecule has 142 heavy (non-hydrogen) atoms. The van der Waals surface area contributed by atoms with Crippen LogP contribution in [-0.2, 0) is 64.0 Å². The quantitative estimate of drug-likeness (QED) is 0.00830. The summed E-state index contributed by atoms with van der Waals surface area (Å²) < 4.78 is 110. The Morgan fingerprint density at radius 1 is 0.415 bits per heavy atom. The Morgan fingerprint density at radius 3 is 1.17 bits per heavy atom. The monoisotopic (exact) mass is 1920 g/mol. The first kappa shape index (κ1) is 104. The van der Waals surface area contributed by atoms with E-state index >= 15 is 0 Å². The molecule has 18 aromatic rings. The molecule has 0 saturated carbocycles. The minimum Gasteiger partial charge on any atom is -0.460 e. The van der Waals surface area contributed by atoms with Crippen LogP contribution < -0.4 is 16.8 Å². The lowest BCUT2D eigenvalue weighted by molar-refractivity contribution is -0.154. The normalized spacial score (nSPS) is 11.0. The van der Waals surface area contributed by atoms with Gasteiger partial charge < -0.3 is 31.5 Å². The van der Waals surface area contributed by atoms with E-state index in [0.717, 1.165) is 5.52 Å². The average Bonchev–Trinajstić information content (AvgIpc) is 1.65. The van der Waals surface area contributed by atoms with Gasteiger partial charge in [-0.25, -0.2) is 65.2 Å². The highest BCUT2D eigenvalue weighted by Crippen LogP contribution is 2.25. The first-order valence-corrected chi connectivity index (χ1v) is 43.2. The highest BCUT2D eigenvalue weighted by Gasteiger charge is 2.26. The molecule has 0 bridgehead atoms. The van der Waals surface area contributed by atoms with E-state index in [9.17, 15) is 59.5 Å². The smallest absolute Gasteiger partial charge is 0.396 e. The summed E-state index contributed by atoms with van der Waals surface area (Å²) in [6.07, 6.45) is 38.4. The van der Waals surface area contributed by atoms with Crippen LogP contribution in [0.5, 0.6) is 0 Å². The number of nitrogens with zero attached hydrogens (tertiary/aromatic N) is 21. The van der Waals surface area contributed by atoms with Crippen molar-refractivity contribution < 1.29 is 74.2 Å². The predicted molar refractivity (Wildman–Crippen MR) is 503 cm³/mol. The van der Waals surface area contributed by atoms with Crippen LogP contribution in [0.25, 0.3) is 16.6 Å². The molecule has 18 rings (SSSR count).